The number of pyridine rings is 1. The molecular formula is C22H25N3OS. The van der Waals surface area contributed by atoms with Gasteiger partial charge in [0.05, 0.1) is 15.6 Å². The summed E-state index contributed by atoms with van der Waals surface area (Å²) in [5, 5.41) is 4.01. The number of carbonyl (C=O) groups is 1. The van der Waals surface area contributed by atoms with Crippen molar-refractivity contribution in [2.24, 2.45) is 0 Å². The van der Waals surface area contributed by atoms with Crippen molar-refractivity contribution in [2.75, 3.05) is 5.32 Å². The van der Waals surface area contributed by atoms with Crippen molar-refractivity contribution in [2.45, 2.75) is 46.5 Å². The fourth-order valence-electron chi connectivity index (χ4n) is 2.88. The van der Waals surface area contributed by atoms with Gasteiger partial charge in [0.15, 0.2) is 0 Å². The molecule has 0 saturated carbocycles. The Morgan fingerprint density at radius 1 is 1.15 bits per heavy atom. The second kappa shape index (κ2) is 8.91. The first-order valence-corrected chi connectivity index (χ1v) is 10.2. The number of rotatable bonds is 7. The van der Waals surface area contributed by atoms with Crippen LogP contribution in [0.1, 0.15) is 43.7 Å². The molecule has 0 bridgehead atoms. The molecule has 2 aromatic heterocycles. The molecule has 1 N–H and O–H groups in total. The number of hydrogen-bond donors (Lipinski definition) is 1. The van der Waals surface area contributed by atoms with Crippen LogP contribution < -0.4 is 5.32 Å². The number of benzene rings is 1. The van der Waals surface area contributed by atoms with Gasteiger partial charge in [0.2, 0.25) is 5.91 Å². The fraction of sp³-hybridized carbons (Fsp3) is 0.318. The van der Waals surface area contributed by atoms with Gasteiger partial charge in [-0.05, 0) is 43.5 Å². The van der Waals surface area contributed by atoms with Crippen LogP contribution >= 0.6 is 11.3 Å². The molecule has 0 radical (unpaired) electrons. The van der Waals surface area contributed by atoms with Crippen molar-refractivity contribution in [3.05, 3.63) is 53.2 Å². The van der Waals surface area contributed by atoms with Crippen LogP contribution in [0.25, 0.3) is 21.7 Å². The van der Waals surface area contributed by atoms with Gasteiger partial charge in [0.25, 0.3) is 0 Å². The smallest absolute Gasteiger partial charge is 0.225 e. The minimum atomic E-state index is 0.0129. The van der Waals surface area contributed by atoms with Crippen LogP contribution in [0.5, 0.6) is 0 Å². The average Bonchev–Trinajstić information content (AvgIpc) is 3.11. The first-order valence-electron chi connectivity index (χ1n) is 9.43. The number of amides is 1. The van der Waals surface area contributed by atoms with Crippen LogP contribution in [0, 0.1) is 6.92 Å². The highest BCUT2D eigenvalue weighted by atomic mass is 32.1. The minimum Gasteiger partial charge on any atom is -0.311 e. The van der Waals surface area contributed by atoms with Crippen molar-refractivity contribution in [3.8, 4) is 21.7 Å². The summed E-state index contributed by atoms with van der Waals surface area (Å²) in [6.45, 7) is 6.29. The zero-order chi connectivity index (χ0) is 19.2. The molecule has 3 rings (SSSR count). The van der Waals surface area contributed by atoms with Gasteiger partial charge in [-0.15, -0.1) is 11.3 Å². The quantitative estimate of drug-likeness (QED) is 0.558. The van der Waals surface area contributed by atoms with E-state index in [2.05, 4.69) is 55.3 Å². The van der Waals surface area contributed by atoms with Gasteiger partial charge in [-0.1, -0.05) is 44.0 Å². The number of carbonyl (C=O) groups excluding carboxylic acids is 1. The minimum absolute atomic E-state index is 0.0129. The molecule has 0 atom stereocenters. The molecule has 0 aliphatic heterocycles. The standard InChI is InChI=1S/C22H25N3OS/c1-4-6-10-19(26)24-18-14-17(11-12-23-18)22-21(25-20(5-2)27-22)16-9-7-8-15(3)13-16/h7-9,11-14H,4-6,10H2,1-3H3,(H,23,24,26). The molecule has 1 aromatic carbocycles. The summed E-state index contributed by atoms with van der Waals surface area (Å²) < 4.78 is 0. The first-order chi connectivity index (χ1) is 13.1. The number of hydrogen-bond acceptors (Lipinski definition) is 4. The summed E-state index contributed by atoms with van der Waals surface area (Å²) in [5.41, 5.74) is 4.36. The monoisotopic (exact) mass is 379 g/mol. The summed E-state index contributed by atoms with van der Waals surface area (Å²) in [6, 6.07) is 12.3. The molecule has 0 saturated heterocycles. The van der Waals surface area contributed by atoms with Gasteiger partial charge >= 0.3 is 0 Å². The van der Waals surface area contributed by atoms with Crippen molar-refractivity contribution in [1.29, 1.82) is 0 Å². The van der Waals surface area contributed by atoms with E-state index in [1.807, 2.05) is 12.1 Å². The van der Waals surface area contributed by atoms with Gasteiger partial charge in [-0.25, -0.2) is 9.97 Å². The van der Waals surface area contributed by atoms with E-state index in [4.69, 9.17) is 4.98 Å². The highest BCUT2D eigenvalue weighted by Gasteiger charge is 2.15. The second-order valence-electron chi connectivity index (χ2n) is 6.59. The van der Waals surface area contributed by atoms with Gasteiger partial charge in [0, 0.05) is 18.2 Å². The lowest BCUT2D eigenvalue weighted by Crippen LogP contribution is -2.12. The molecule has 4 nitrogen and oxygen atoms in total. The van der Waals surface area contributed by atoms with Crippen molar-refractivity contribution in [3.63, 3.8) is 0 Å². The molecule has 1 amide bonds. The Labute approximate surface area is 164 Å². The van der Waals surface area contributed by atoms with E-state index in [1.165, 1.54) is 5.56 Å². The van der Waals surface area contributed by atoms with Crippen LogP contribution in [0.2, 0.25) is 0 Å². The largest absolute Gasteiger partial charge is 0.311 e. The lowest BCUT2D eigenvalue weighted by molar-refractivity contribution is -0.116. The fourth-order valence-corrected chi connectivity index (χ4v) is 3.90. The van der Waals surface area contributed by atoms with Crippen LogP contribution in [0.3, 0.4) is 0 Å². The number of aryl methyl sites for hydroxylation is 2. The summed E-state index contributed by atoms with van der Waals surface area (Å²) in [4.78, 5) is 22.3. The maximum atomic E-state index is 12.0. The molecule has 140 valence electrons. The van der Waals surface area contributed by atoms with Crippen LogP contribution in [-0.4, -0.2) is 15.9 Å². The van der Waals surface area contributed by atoms with E-state index >= 15 is 0 Å². The van der Waals surface area contributed by atoms with Crippen LogP contribution in [0.4, 0.5) is 5.82 Å². The molecule has 27 heavy (non-hydrogen) atoms. The Balaban J connectivity index is 1.95. The van der Waals surface area contributed by atoms with E-state index in [-0.39, 0.29) is 5.91 Å². The molecule has 0 aliphatic carbocycles. The maximum absolute atomic E-state index is 12.0. The topological polar surface area (TPSA) is 54.9 Å². The number of thiazole rings is 1. The Hall–Kier alpha value is -2.53. The highest BCUT2D eigenvalue weighted by molar-refractivity contribution is 7.15. The van der Waals surface area contributed by atoms with E-state index in [9.17, 15) is 4.79 Å². The van der Waals surface area contributed by atoms with Crippen LogP contribution in [-0.2, 0) is 11.2 Å². The third-order valence-corrected chi connectivity index (χ3v) is 5.56. The zero-order valence-corrected chi connectivity index (χ0v) is 16.9. The van der Waals surface area contributed by atoms with Gasteiger partial charge < -0.3 is 5.32 Å². The Kier molecular flexibility index (Phi) is 6.35. The predicted molar refractivity (Wildman–Crippen MR) is 113 cm³/mol. The number of unbranched alkanes of at least 4 members (excludes halogenated alkanes) is 1. The normalized spacial score (nSPS) is 10.8. The van der Waals surface area contributed by atoms with Gasteiger partial charge in [-0.3, -0.25) is 4.79 Å². The molecule has 5 heteroatoms. The SMILES string of the molecule is CCCCC(=O)Nc1cc(-c2sc(CC)nc2-c2cccc(C)c2)ccn1. The molecule has 2 heterocycles. The van der Waals surface area contributed by atoms with E-state index in [0.717, 1.165) is 46.0 Å². The van der Waals surface area contributed by atoms with Gasteiger partial charge in [0.1, 0.15) is 5.82 Å². The van der Waals surface area contributed by atoms with Crippen molar-refractivity contribution in [1.82, 2.24) is 9.97 Å². The predicted octanol–water partition coefficient (Wildman–Crippen LogP) is 5.87. The van der Waals surface area contributed by atoms with Gasteiger partial charge in [-0.2, -0.15) is 0 Å². The number of aromatic nitrogens is 2. The van der Waals surface area contributed by atoms with Crippen LogP contribution in [0.15, 0.2) is 42.6 Å². The lowest BCUT2D eigenvalue weighted by Gasteiger charge is -2.07. The first kappa shape index (κ1) is 19.2. The van der Waals surface area contributed by atoms with E-state index in [0.29, 0.717) is 12.2 Å². The second-order valence-corrected chi connectivity index (χ2v) is 7.67. The Morgan fingerprint density at radius 2 is 2.00 bits per heavy atom. The molecule has 0 aliphatic rings. The number of anilines is 1. The Bertz CT molecular complexity index is 933. The molecular weight excluding hydrogens is 354 g/mol. The number of nitrogens with zero attached hydrogens (tertiary/aromatic N) is 2. The molecule has 3 aromatic rings. The summed E-state index contributed by atoms with van der Waals surface area (Å²) in [6.07, 6.45) is 5.06. The highest BCUT2D eigenvalue weighted by Crippen LogP contribution is 2.37. The summed E-state index contributed by atoms with van der Waals surface area (Å²) in [7, 11) is 0. The average molecular weight is 380 g/mol. The molecule has 0 unspecified atom stereocenters. The zero-order valence-electron chi connectivity index (χ0n) is 16.1. The Morgan fingerprint density at radius 3 is 2.74 bits per heavy atom. The molecule has 0 fully saturated rings. The third kappa shape index (κ3) is 4.80. The van der Waals surface area contributed by atoms with E-state index in [1.54, 1.807) is 17.5 Å². The summed E-state index contributed by atoms with van der Waals surface area (Å²) >= 11 is 1.70. The maximum Gasteiger partial charge on any atom is 0.225 e. The van der Waals surface area contributed by atoms with E-state index < -0.39 is 0 Å². The molecule has 0 spiro atoms. The van der Waals surface area contributed by atoms with Crippen molar-refractivity contribution < 1.29 is 4.79 Å². The lowest BCUT2D eigenvalue weighted by atomic mass is 10.1. The summed E-state index contributed by atoms with van der Waals surface area (Å²) in [5.74, 6) is 0.606. The van der Waals surface area contributed by atoms with Crippen molar-refractivity contribution >= 4 is 23.1 Å². The number of nitrogens with one attached hydrogen (secondary N) is 1. The third-order valence-electron chi connectivity index (χ3n) is 4.31.